The second-order valence-corrected chi connectivity index (χ2v) is 7.74. The van der Waals surface area contributed by atoms with Crippen LogP contribution in [0.2, 0.25) is 0 Å². The zero-order valence-electron chi connectivity index (χ0n) is 12.9. The van der Waals surface area contributed by atoms with Gasteiger partial charge in [0.1, 0.15) is 5.82 Å². The fraction of sp³-hybridized carbons (Fsp3) is 0.588. The Bertz CT molecular complexity index is 629. The van der Waals surface area contributed by atoms with E-state index in [0.29, 0.717) is 10.6 Å². The van der Waals surface area contributed by atoms with Crippen LogP contribution in [0.5, 0.6) is 0 Å². The van der Waals surface area contributed by atoms with Crippen LogP contribution >= 0.6 is 23.4 Å². The molecule has 2 aromatic rings. The first kappa shape index (κ1) is 15.2. The van der Waals surface area contributed by atoms with Crippen LogP contribution in [-0.4, -0.2) is 26.4 Å². The van der Waals surface area contributed by atoms with Gasteiger partial charge in [-0.2, -0.15) is 11.8 Å². The Kier molecular flexibility index (Phi) is 4.51. The largest absolute Gasteiger partial charge is 0.327 e. The highest BCUT2D eigenvalue weighted by molar-refractivity contribution is 8.00. The van der Waals surface area contributed by atoms with Crippen molar-refractivity contribution in [3.8, 4) is 0 Å². The lowest BCUT2D eigenvalue weighted by Gasteiger charge is -2.28. The van der Waals surface area contributed by atoms with Gasteiger partial charge in [0.15, 0.2) is 0 Å². The van der Waals surface area contributed by atoms with Gasteiger partial charge in [-0.05, 0) is 37.7 Å². The maximum atomic E-state index is 6.00. The number of aryl methyl sites for hydroxylation is 2. The topological polar surface area (TPSA) is 17.8 Å². The smallest absolute Gasteiger partial charge is 0.111 e. The number of thioether (sulfide) groups is 1. The Labute approximate surface area is 136 Å². The Morgan fingerprint density at radius 1 is 1.33 bits per heavy atom. The van der Waals surface area contributed by atoms with Gasteiger partial charge >= 0.3 is 0 Å². The lowest BCUT2D eigenvalue weighted by Crippen LogP contribution is -2.27. The minimum atomic E-state index is 0.387. The first-order chi connectivity index (χ1) is 10.2. The second-order valence-electron chi connectivity index (χ2n) is 6.09. The van der Waals surface area contributed by atoms with Crippen LogP contribution in [0.15, 0.2) is 18.2 Å². The van der Waals surface area contributed by atoms with E-state index >= 15 is 0 Å². The monoisotopic (exact) mass is 322 g/mol. The molecule has 1 aromatic heterocycles. The van der Waals surface area contributed by atoms with Gasteiger partial charge < -0.3 is 4.57 Å². The third-order valence-electron chi connectivity index (χ3n) is 4.77. The predicted molar refractivity (Wildman–Crippen MR) is 93.6 cm³/mol. The van der Waals surface area contributed by atoms with Crippen LogP contribution in [0, 0.1) is 6.92 Å². The normalized spacial score (nSPS) is 17.7. The third kappa shape index (κ3) is 2.83. The zero-order chi connectivity index (χ0) is 14.9. The lowest BCUT2D eigenvalue weighted by molar-refractivity contribution is 0.502. The zero-order valence-corrected chi connectivity index (χ0v) is 14.4. The molecule has 114 valence electrons. The highest BCUT2D eigenvalue weighted by Crippen LogP contribution is 2.42. The van der Waals surface area contributed by atoms with Crippen LogP contribution in [0.4, 0.5) is 0 Å². The van der Waals surface area contributed by atoms with Crippen molar-refractivity contribution in [2.24, 2.45) is 0 Å². The molecule has 0 aliphatic heterocycles. The number of halogens is 1. The summed E-state index contributed by atoms with van der Waals surface area (Å²) < 4.78 is 2.82. The van der Waals surface area contributed by atoms with Gasteiger partial charge in [-0.3, -0.25) is 0 Å². The summed E-state index contributed by atoms with van der Waals surface area (Å²) in [5.74, 6) is 1.78. The summed E-state index contributed by atoms with van der Waals surface area (Å²) in [7, 11) is 0. The minimum Gasteiger partial charge on any atom is -0.327 e. The standard InChI is InChI=1S/C17H23ClN2S/c1-13-6-5-7-14-16(13)19-15(8-11-18)20(14)12-17(21-2)9-3-4-10-17/h5-7H,3-4,8-12H2,1-2H3. The van der Waals surface area contributed by atoms with E-state index in [9.17, 15) is 0 Å². The van der Waals surface area contributed by atoms with Gasteiger partial charge in [0, 0.05) is 23.6 Å². The van der Waals surface area contributed by atoms with Gasteiger partial charge in [-0.25, -0.2) is 4.98 Å². The van der Waals surface area contributed by atoms with Crippen molar-refractivity contribution in [2.45, 2.75) is 50.3 Å². The van der Waals surface area contributed by atoms with Crippen molar-refractivity contribution in [2.75, 3.05) is 12.1 Å². The van der Waals surface area contributed by atoms with Gasteiger partial charge in [0.25, 0.3) is 0 Å². The molecule has 1 fully saturated rings. The summed E-state index contributed by atoms with van der Waals surface area (Å²) >= 11 is 8.04. The van der Waals surface area contributed by atoms with Crippen LogP contribution in [0.1, 0.15) is 37.1 Å². The van der Waals surface area contributed by atoms with E-state index in [2.05, 4.69) is 35.9 Å². The van der Waals surface area contributed by atoms with Crippen molar-refractivity contribution in [1.82, 2.24) is 9.55 Å². The molecule has 0 saturated heterocycles. The first-order valence-corrected chi connectivity index (χ1v) is 9.51. The predicted octanol–water partition coefficient (Wildman–Crippen LogP) is 4.80. The number of aromatic nitrogens is 2. The summed E-state index contributed by atoms with van der Waals surface area (Å²) in [6.07, 6.45) is 8.46. The molecule has 21 heavy (non-hydrogen) atoms. The van der Waals surface area contributed by atoms with E-state index < -0.39 is 0 Å². The molecule has 2 nitrogen and oxygen atoms in total. The van der Waals surface area contributed by atoms with Crippen molar-refractivity contribution in [3.05, 3.63) is 29.6 Å². The van der Waals surface area contributed by atoms with Crippen LogP contribution in [-0.2, 0) is 13.0 Å². The minimum absolute atomic E-state index is 0.387. The Hall–Kier alpha value is -0.670. The van der Waals surface area contributed by atoms with E-state index in [1.54, 1.807) is 0 Å². The SMILES string of the molecule is CSC1(Cn2c(CCCl)nc3c(C)cccc32)CCCC1. The summed E-state index contributed by atoms with van der Waals surface area (Å²) in [5.41, 5.74) is 3.68. The molecule has 1 heterocycles. The summed E-state index contributed by atoms with van der Waals surface area (Å²) in [6.45, 7) is 3.21. The number of hydrogen-bond donors (Lipinski definition) is 0. The Balaban J connectivity index is 2.06. The van der Waals surface area contributed by atoms with E-state index in [1.807, 2.05) is 11.8 Å². The number of imidazole rings is 1. The number of fused-ring (bicyclic) bond motifs is 1. The summed E-state index contributed by atoms with van der Waals surface area (Å²) in [5, 5.41) is 0. The number of nitrogens with zero attached hydrogens (tertiary/aromatic N) is 2. The van der Waals surface area contributed by atoms with E-state index in [4.69, 9.17) is 16.6 Å². The summed E-state index contributed by atoms with van der Waals surface area (Å²) in [4.78, 5) is 4.88. The number of hydrogen-bond acceptors (Lipinski definition) is 2. The van der Waals surface area contributed by atoms with Gasteiger partial charge in [0.05, 0.1) is 11.0 Å². The van der Waals surface area contributed by atoms with Gasteiger partial charge in [-0.1, -0.05) is 25.0 Å². The van der Waals surface area contributed by atoms with Gasteiger partial charge in [0.2, 0.25) is 0 Å². The van der Waals surface area contributed by atoms with E-state index in [-0.39, 0.29) is 0 Å². The quantitative estimate of drug-likeness (QED) is 0.736. The van der Waals surface area contributed by atoms with Crippen molar-refractivity contribution in [1.29, 1.82) is 0 Å². The van der Waals surface area contributed by atoms with Crippen molar-refractivity contribution < 1.29 is 0 Å². The molecule has 3 rings (SSSR count). The van der Waals surface area contributed by atoms with Crippen LogP contribution in [0.25, 0.3) is 11.0 Å². The molecule has 0 N–H and O–H groups in total. The molecule has 0 unspecified atom stereocenters. The molecule has 0 bridgehead atoms. The fourth-order valence-corrected chi connectivity index (χ4v) is 4.65. The second kappa shape index (κ2) is 6.21. The molecule has 1 aromatic carbocycles. The highest BCUT2D eigenvalue weighted by Gasteiger charge is 2.34. The van der Waals surface area contributed by atoms with Crippen LogP contribution < -0.4 is 0 Å². The van der Waals surface area contributed by atoms with Crippen LogP contribution in [0.3, 0.4) is 0 Å². The molecule has 4 heteroatoms. The molecular weight excluding hydrogens is 300 g/mol. The molecule has 0 spiro atoms. The van der Waals surface area contributed by atoms with E-state index in [1.165, 1.54) is 36.8 Å². The summed E-state index contributed by atoms with van der Waals surface area (Å²) in [6, 6.07) is 6.49. The maximum Gasteiger partial charge on any atom is 0.111 e. The lowest BCUT2D eigenvalue weighted by atomic mass is 10.1. The number of alkyl halides is 1. The van der Waals surface area contributed by atoms with Crippen molar-refractivity contribution >= 4 is 34.4 Å². The van der Waals surface area contributed by atoms with Gasteiger partial charge in [-0.15, -0.1) is 11.6 Å². The molecule has 0 radical (unpaired) electrons. The number of para-hydroxylation sites is 1. The molecule has 0 amide bonds. The van der Waals surface area contributed by atoms with E-state index in [0.717, 1.165) is 24.3 Å². The maximum absolute atomic E-state index is 6.00. The molecule has 0 atom stereocenters. The average molecular weight is 323 g/mol. The molecular formula is C17H23ClN2S. The number of rotatable bonds is 5. The highest BCUT2D eigenvalue weighted by atomic mass is 35.5. The fourth-order valence-electron chi connectivity index (χ4n) is 3.52. The Morgan fingerprint density at radius 2 is 2.10 bits per heavy atom. The first-order valence-electron chi connectivity index (χ1n) is 7.75. The average Bonchev–Trinajstić information content (AvgIpc) is 3.08. The van der Waals surface area contributed by atoms with Crippen molar-refractivity contribution in [3.63, 3.8) is 0 Å². The number of benzene rings is 1. The Morgan fingerprint density at radius 3 is 2.76 bits per heavy atom. The molecule has 1 aliphatic rings. The third-order valence-corrected chi connectivity index (χ3v) is 6.36. The molecule has 1 aliphatic carbocycles. The molecule has 1 saturated carbocycles.